The van der Waals surface area contributed by atoms with Gasteiger partial charge in [0, 0.05) is 32.7 Å². The predicted octanol–water partition coefficient (Wildman–Crippen LogP) is 2.57. The molecule has 9 atom stereocenters. The first-order valence-corrected chi connectivity index (χ1v) is 16.4. The molecule has 50 heavy (non-hydrogen) atoms. The Bertz CT molecular complexity index is 1630. The number of esters is 5. The summed E-state index contributed by atoms with van der Waals surface area (Å²) >= 11 is 0. The molecule has 1 aromatic heterocycles. The van der Waals surface area contributed by atoms with Crippen molar-refractivity contribution in [1.82, 2.24) is 4.98 Å². The lowest BCUT2D eigenvalue weighted by Gasteiger charge is -2.66. The highest BCUT2D eigenvalue weighted by atomic mass is 16.6. The van der Waals surface area contributed by atoms with Crippen molar-refractivity contribution in [2.45, 2.75) is 102 Å². The van der Waals surface area contributed by atoms with Crippen molar-refractivity contribution in [3.63, 3.8) is 0 Å². The minimum absolute atomic E-state index is 0.0172. The molecular formula is C36H43NO13. The Balaban J connectivity index is 1.85. The molecule has 1 saturated heterocycles. The number of rotatable bonds is 9. The van der Waals surface area contributed by atoms with Crippen LogP contribution in [0.4, 0.5) is 0 Å². The van der Waals surface area contributed by atoms with E-state index in [1.54, 1.807) is 45.9 Å². The molecule has 2 aliphatic carbocycles. The van der Waals surface area contributed by atoms with Crippen LogP contribution in [0.5, 0.6) is 0 Å². The van der Waals surface area contributed by atoms with Crippen LogP contribution in [0.2, 0.25) is 0 Å². The van der Waals surface area contributed by atoms with Crippen molar-refractivity contribution >= 4 is 29.8 Å². The van der Waals surface area contributed by atoms with Crippen molar-refractivity contribution in [3.05, 3.63) is 66.0 Å². The Morgan fingerprint density at radius 3 is 2.10 bits per heavy atom. The predicted molar refractivity (Wildman–Crippen MR) is 171 cm³/mol. The topological polar surface area (TPSA) is 194 Å². The summed E-state index contributed by atoms with van der Waals surface area (Å²) in [6.45, 7) is 9.05. The lowest BCUT2D eigenvalue weighted by molar-refractivity contribution is -0.362. The van der Waals surface area contributed by atoms with E-state index in [9.17, 15) is 34.2 Å². The summed E-state index contributed by atoms with van der Waals surface area (Å²) in [6, 6.07) is 10.8. The van der Waals surface area contributed by atoms with Gasteiger partial charge in [-0.25, -0.2) is 9.59 Å². The van der Waals surface area contributed by atoms with Crippen molar-refractivity contribution in [1.29, 1.82) is 0 Å². The van der Waals surface area contributed by atoms with Crippen LogP contribution in [0, 0.1) is 17.3 Å². The van der Waals surface area contributed by atoms with Gasteiger partial charge in [0.2, 0.25) is 0 Å². The van der Waals surface area contributed by atoms with Crippen molar-refractivity contribution in [2.75, 3.05) is 6.61 Å². The van der Waals surface area contributed by atoms with Gasteiger partial charge in [0.25, 0.3) is 0 Å². The molecule has 14 nitrogen and oxygen atoms in total. The maximum atomic E-state index is 14.0. The first-order chi connectivity index (χ1) is 23.4. The number of pyridine rings is 1. The highest BCUT2D eigenvalue weighted by Gasteiger charge is 2.88. The standard InChI is InChI=1S/C36H43NO13/c1-19(2)30(41)48-26-25-27(40)36(50-33(25,5)6)34(7,44)16-24(46-20(3)38)28(47-21(4)39)35(36,18-45-31(42)23-14-11-15-37-17-23)29(26)49-32(43)22-12-9-8-10-13-22/h8-15,17,19,24-29,40,44H,16,18H2,1-7H3/t24-,25+,26-,27+,28-,29+,34-,35-,36-/m0/s1. The summed E-state index contributed by atoms with van der Waals surface area (Å²) < 4.78 is 36.7. The number of hydrogen-bond donors (Lipinski definition) is 2. The fourth-order valence-corrected chi connectivity index (χ4v) is 8.13. The van der Waals surface area contributed by atoms with E-state index in [2.05, 4.69) is 4.98 Å². The largest absolute Gasteiger partial charge is 0.461 e. The molecule has 0 radical (unpaired) electrons. The maximum absolute atomic E-state index is 14.0. The zero-order valence-electron chi connectivity index (χ0n) is 29.0. The van der Waals surface area contributed by atoms with Crippen LogP contribution in [0.15, 0.2) is 54.9 Å². The number of nitrogens with zero attached hydrogens (tertiary/aromatic N) is 1. The molecule has 1 aromatic carbocycles. The molecule has 270 valence electrons. The zero-order valence-corrected chi connectivity index (χ0v) is 29.0. The first-order valence-electron chi connectivity index (χ1n) is 16.4. The fourth-order valence-electron chi connectivity index (χ4n) is 8.13. The first kappa shape index (κ1) is 36.9. The summed E-state index contributed by atoms with van der Waals surface area (Å²) in [5.74, 6) is -6.13. The SMILES string of the molecule is CC(=O)O[C@H]1C[C@](C)(O)[C@]23OC(C)(C)[C@H]([C@H](OC(=O)C(C)C)[C@@H](OC(=O)c4ccccc4)[C@]2(COC(=O)c2cccnc2)[C@H]1OC(C)=O)[C@H]3O. The molecule has 2 aromatic rings. The molecule has 2 saturated carbocycles. The number of aliphatic hydroxyl groups is 2. The van der Waals surface area contributed by atoms with E-state index in [4.69, 9.17) is 28.4 Å². The van der Waals surface area contributed by atoms with Gasteiger partial charge in [0.1, 0.15) is 29.8 Å². The Labute approximate surface area is 289 Å². The quantitative estimate of drug-likeness (QED) is 0.287. The molecule has 1 spiro atoms. The molecule has 1 aliphatic heterocycles. The number of aromatic nitrogens is 1. The summed E-state index contributed by atoms with van der Waals surface area (Å²) in [5, 5.41) is 25.1. The minimum Gasteiger partial charge on any atom is -0.461 e. The molecule has 3 fully saturated rings. The van der Waals surface area contributed by atoms with E-state index >= 15 is 0 Å². The number of aliphatic hydroxyl groups excluding tert-OH is 1. The summed E-state index contributed by atoms with van der Waals surface area (Å²) in [7, 11) is 0. The molecule has 2 heterocycles. The van der Waals surface area contributed by atoms with Crippen molar-refractivity contribution in [2.24, 2.45) is 17.3 Å². The second-order valence-electron chi connectivity index (χ2n) is 14.2. The fraction of sp³-hybridized carbons (Fsp3) is 0.556. The van der Waals surface area contributed by atoms with E-state index in [0.717, 1.165) is 13.8 Å². The van der Waals surface area contributed by atoms with Crippen LogP contribution in [-0.4, -0.2) is 99.0 Å². The smallest absolute Gasteiger partial charge is 0.339 e. The summed E-state index contributed by atoms with van der Waals surface area (Å²) in [5.41, 5.74) is -8.08. The van der Waals surface area contributed by atoms with Crippen LogP contribution in [0.1, 0.15) is 75.6 Å². The monoisotopic (exact) mass is 697 g/mol. The van der Waals surface area contributed by atoms with Gasteiger partial charge < -0.3 is 38.6 Å². The Kier molecular flexibility index (Phi) is 9.87. The number of carbonyl (C=O) groups excluding carboxylic acids is 5. The Morgan fingerprint density at radius 2 is 1.52 bits per heavy atom. The van der Waals surface area contributed by atoms with Crippen molar-refractivity contribution in [3.8, 4) is 0 Å². The number of hydrogen-bond acceptors (Lipinski definition) is 14. The third-order valence-electron chi connectivity index (χ3n) is 10.00. The van der Waals surface area contributed by atoms with E-state index in [-0.39, 0.29) is 11.1 Å². The number of carbonyl (C=O) groups is 5. The number of fused-ring (bicyclic) bond motifs is 1. The Morgan fingerprint density at radius 1 is 0.880 bits per heavy atom. The van der Waals surface area contributed by atoms with Gasteiger partial charge in [0.15, 0.2) is 12.2 Å². The number of ether oxygens (including phenoxy) is 6. The summed E-state index contributed by atoms with van der Waals surface area (Å²) in [4.78, 5) is 70.5. The van der Waals surface area contributed by atoms with E-state index < -0.39 is 107 Å². The number of benzene rings is 1. The molecule has 5 rings (SSSR count). The van der Waals surface area contributed by atoms with Gasteiger partial charge in [-0.1, -0.05) is 32.0 Å². The molecule has 0 amide bonds. The molecule has 0 unspecified atom stereocenters. The zero-order chi connectivity index (χ0) is 36.8. The van der Waals surface area contributed by atoms with Gasteiger partial charge in [-0.15, -0.1) is 0 Å². The van der Waals surface area contributed by atoms with Gasteiger partial charge in [-0.2, -0.15) is 0 Å². The van der Waals surface area contributed by atoms with Gasteiger partial charge in [0.05, 0.1) is 40.3 Å². The normalized spacial score (nSPS) is 33.8. The average molecular weight is 698 g/mol. The molecule has 14 heteroatoms. The van der Waals surface area contributed by atoms with Gasteiger partial charge in [-0.3, -0.25) is 19.4 Å². The molecule has 2 N–H and O–H groups in total. The third-order valence-corrected chi connectivity index (χ3v) is 10.00. The summed E-state index contributed by atoms with van der Waals surface area (Å²) in [6.07, 6.45) is -5.95. The minimum atomic E-state index is -2.31. The maximum Gasteiger partial charge on any atom is 0.339 e. The lowest BCUT2D eigenvalue weighted by atomic mass is 9.45. The van der Waals surface area contributed by atoms with Crippen LogP contribution < -0.4 is 0 Å². The second kappa shape index (κ2) is 13.4. The van der Waals surface area contributed by atoms with E-state index in [1.165, 1.54) is 43.6 Å². The van der Waals surface area contributed by atoms with Crippen LogP contribution in [0.25, 0.3) is 0 Å². The third kappa shape index (κ3) is 6.02. The van der Waals surface area contributed by atoms with Crippen LogP contribution in [0.3, 0.4) is 0 Å². The van der Waals surface area contributed by atoms with Crippen LogP contribution in [-0.2, 0) is 42.8 Å². The molecule has 2 bridgehead atoms. The average Bonchev–Trinajstić information content (AvgIpc) is 3.23. The second-order valence-corrected chi connectivity index (χ2v) is 14.2. The molecular weight excluding hydrogens is 654 g/mol. The van der Waals surface area contributed by atoms with Crippen molar-refractivity contribution < 1.29 is 62.6 Å². The lowest BCUT2D eigenvalue weighted by Crippen LogP contribution is -2.85. The molecule has 3 aliphatic rings. The van der Waals surface area contributed by atoms with Gasteiger partial charge >= 0.3 is 29.8 Å². The highest BCUT2D eigenvalue weighted by molar-refractivity contribution is 5.90. The van der Waals surface area contributed by atoms with E-state index in [0.29, 0.717) is 0 Å². The van der Waals surface area contributed by atoms with Gasteiger partial charge in [-0.05, 0) is 45.0 Å². The van der Waals surface area contributed by atoms with Crippen LogP contribution >= 0.6 is 0 Å². The Hall–Kier alpha value is -4.40. The highest BCUT2D eigenvalue weighted by Crippen LogP contribution is 2.69. The van der Waals surface area contributed by atoms with E-state index in [1.807, 2.05) is 0 Å².